The highest BCUT2D eigenvalue weighted by Gasteiger charge is 2.38. The molecule has 20 aromatic rings. The Morgan fingerprint density at radius 1 is 0.248 bits per heavy atom. The molecule has 0 fully saturated rings. The molecule has 3 aliphatic rings. The first-order valence-electron chi connectivity index (χ1n) is 40.4. The van der Waals surface area contributed by atoms with Gasteiger partial charge in [-0.2, -0.15) is 0 Å². The van der Waals surface area contributed by atoms with Gasteiger partial charge in [-0.05, 0) is 191 Å². The van der Waals surface area contributed by atoms with Crippen LogP contribution < -0.4 is 16.0 Å². The van der Waals surface area contributed by atoms with Crippen molar-refractivity contribution in [1.29, 1.82) is 0 Å². The maximum atomic E-state index is 6.06. The van der Waals surface area contributed by atoms with Gasteiger partial charge in [0.1, 0.15) is 17.0 Å². The van der Waals surface area contributed by atoms with Crippen LogP contribution in [-0.2, 0) is 16.2 Å². The lowest BCUT2D eigenvalue weighted by Crippen LogP contribution is -2.15. The molecule has 0 spiro atoms. The molecule has 0 bridgehead atoms. The van der Waals surface area contributed by atoms with Crippen molar-refractivity contribution in [2.24, 2.45) is 0 Å². The second-order valence-electron chi connectivity index (χ2n) is 32.7. The van der Waals surface area contributed by atoms with Crippen molar-refractivity contribution in [3.05, 3.63) is 404 Å². The summed E-state index contributed by atoms with van der Waals surface area (Å²) in [6, 6.07) is 131. The summed E-state index contributed by atoms with van der Waals surface area (Å²) in [5, 5.41) is 18.9. The zero-order valence-corrected chi connectivity index (χ0v) is 67.5. The third-order valence-corrected chi connectivity index (χ3v) is 27.0. The molecule has 0 aliphatic heterocycles. The van der Waals surface area contributed by atoms with E-state index in [-0.39, 0.29) is 16.2 Å². The monoisotopic (exact) mass is 1540 g/mol. The second kappa shape index (κ2) is 28.4. The van der Waals surface area contributed by atoms with Crippen molar-refractivity contribution >= 4 is 119 Å². The number of rotatable bonds is 11. The van der Waals surface area contributed by atoms with E-state index in [1.165, 1.54) is 152 Å². The Labute approximate surface area is 689 Å². The molecule has 560 valence electrons. The van der Waals surface area contributed by atoms with Gasteiger partial charge in [0, 0.05) is 119 Å². The Bertz CT molecular complexity index is 7320. The van der Waals surface area contributed by atoms with E-state index in [9.17, 15) is 0 Å². The number of pyridine rings is 1. The molecule has 4 aromatic heterocycles. The van der Waals surface area contributed by atoms with Gasteiger partial charge in [-0.1, -0.05) is 315 Å². The molecule has 7 heteroatoms. The number of benzene rings is 16. The number of nitrogens with zero attached hydrogens (tertiary/aromatic N) is 1. The number of nitrogens with one attached hydrogen (secondary N) is 3. The van der Waals surface area contributed by atoms with E-state index in [2.05, 4.69) is 391 Å². The number of anilines is 6. The molecule has 0 saturated heterocycles. The molecule has 117 heavy (non-hydrogen) atoms. The lowest BCUT2D eigenvalue weighted by Gasteiger charge is -2.23. The number of aromatic nitrogens is 1. The largest absolute Gasteiger partial charge is 0.456 e. The van der Waals surface area contributed by atoms with Crippen LogP contribution in [0.5, 0.6) is 0 Å². The van der Waals surface area contributed by atoms with Gasteiger partial charge in [-0.25, -0.2) is 4.98 Å². The summed E-state index contributed by atoms with van der Waals surface area (Å²) < 4.78 is 11.3. The molecular formula is C110H82N4OS2. The number of furan rings is 1. The summed E-state index contributed by atoms with van der Waals surface area (Å²) in [7, 11) is 0. The fraction of sp³-hybridized carbons (Fsp3) is 0.0818. The Kier molecular flexibility index (Phi) is 17.3. The third-order valence-electron chi connectivity index (χ3n) is 24.7. The van der Waals surface area contributed by atoms with E-state index in [0.29, 0.717) is 0 Å². The fourth-order valence-electron chi connectivity index (χ4n) is 18.9. The molecular weight excluding hydrogens is 1460 g/mol. The molecule has 23 rings (SSSR count). The van der Waals surface area contributed by atoms with E-state index in [0.717, 1.165) is 67.3 Å². The molecule has 16 aromatic carbocycles. The van der Waals surface area contributed by atoms with Gasteiger partial charge in [0.25, 0.3) is 0 Å². The number of fused-ring (bicyclic) bond motifs is 18. The first-order valence-corrected chi connectivity index (χ1v) is 42.0. The summed E-state index contributed by atoms with van der Waals surface area (Å²) in [4.78, 5) is 4.75. The van der Waals surface area contributed by atoms with Gasteiger partial charge in [0.2, 0.25) is 0 Å². The standard InChI is InChI=1S/2C39H29NS.C32H24N2O/c1-39(2)33-19-8-6-14-28(33)29-23-22-26(24-34(29)39)40-38-27(25-12-4-3-5-13-25)16-10-18-31(38)30-17-11-21-36-37(30)32-15-7-9-20-35(32)41-36;1-39(2)33-16-8-6-13-28(33)29-22-20-27(24-34(29)39)40-35-23-26(25-11-4-3-5-12-25)19-21-30(35)31-15-10-18-37-38(31)32-14-7-9-17-36(32)41-37;1-32(2)26-11-5-3-8-23(26)24-16-15-21(18-27(24)32)34-30-17-14-20(19-33-30)22-10-7-13-29-31(22)25-9-4-6-12-28(25)35-29/h2*3-24,40H,1-2H3;3-19H,1-2H3,(H,33,34). The van der Waals surface area contributed by atoms with E-state index in [4.69, 9.17) is 9.40 Å². The Morgan fingerprint density at radius 3 is 1.21 bits per heavy atom. The Balaban J connectivity index is 0.000000110. The van der Waals surface area contributed by atoms with Crippen LogP contribution in [0.1, 0.15) is 74.9 Å². The summed E-state index contributed by atoms with van der Waals surface area (Å²) in [5.74, 6) is 0.825. The first kappa shape index (κ1) is 71.1. The highest BCUT2D eigenvalue weighted by molar-refractivity contribution is 7.26. The SMILES string of the molecule is CC1(C)c2ccccc2-c2ccc(Nc3c(-c4ccccc4)cccc3-c3cccc4sc5ccccc5c34)cc21.CC1(C)c2ccccc2-c2ccc(Nc3cc(-c4ccccc4)ccc3-c3cccc4sc5ccccc5c34)cc21.CC1(C)c2ccccc2-c2ccc(Nc3ccc(-c4cccc5oc6ccccc6c45)cn3)cc21. The molecule has 0 radical (unpaired) electrons. The van der Waals surface area contributed by atoms with Crippen LogP contribution in [0.25, 0.3) is 151 Å². The minimum absolute atomic E-state index is 0.0209. The smallest absolute Gasteiger partial charge is 0.136 e. The van der Waals surface area contributed by atoms with Crippen LogP contribution in [0, 0.1) is 0 Å². The second-order valence-corrected chi connectivity index (χ2v) is 34.8. The highest BCUT2D eigenvalue weighted by atomic mass is 32.1. The highest BCUT2D eigenvalue weighted by Crippen LogP contribution is 2.55. The molecule has 0 unspecified atom stereocenters. The Morgan fingerprint density at radius 2 is 0.650 bits per heavy atom. The number of hydrogen-bond donors (Lipinski definition) is 3. The van der Waals surface area contributed by atoms with Gasteiger partial charge in [0.15, 0.2) is 0 Å². The van der Waals surface area contributed by atoms with Crippen molar-refractivity contribution in [1.82, 2.24) is 4.98 Å². The van der Waals surface area contributed by atoms with E-state index in [1.807, 2.05) is 59.2 Å². The first-order chi connectivity index (χ1) is 57.3. The number of thiophene rings is 2. The number of hydrogen-bond acceptors (Lipinski definition) is 7. The zero-order chi connectivity index (χ0) is 78.7. The van der Waals surface area contributed by atoms with Crippen molar-refractivity contribution < 1.29 is 4.42 Å². The van der Waals surface area contributed by atoms with Crippen molar-refractivity contribution in [2.45, 2.75) is 57.8 Å². The average Bonchev–Trinajstić information content (AvgIpc) is 1.60. The van der Waals surface area contributed by atoms with Crippen LogP contribution in [-0.4, -0.2) is 4.98 Å². The van der Waals surface area contributed by atoms with Crippen molar-refractivity contribution in [2.75, 3.05) is 16.0 Å². The molecule has 5 nitrogen and oxygen atoms in total. The summed E-state index contributed by atoms with van der Waals surface area (Å²) in [6.07, 6.45) is 1.94. The predicted molar refractivity (Wildman–Crippen MR) is 499 cm³/mol. The van der Waals surface area contributed by atoms with E-state index >= 15 is 0 Å². The third kappa shape index (κ3) is 12.2. The lowest BCUT2D eigenvalue weighted by atomic mass is 9.82. The van der Waals surface area contributed by atoms with Crippen LogP contribution in [0.2, 0.25) is 0 Å². The van der Waals surface area contributed by atoms with Crippen LogP contribution >= 0.6 is 22.7 Å². The van der Waals surface area contributed by atoms with Gasteiger partial charge < -0.3 is 20.4 Å². The summed E-state index contributed by atoms with van der Waals surface area (Å²) in [6.45, 7) is 14.0. The molecule has 3 aliphatic carbocycles. The minimum Gasteiger partial charge on any atom is -0.456 e. The molecule has 0 saturated carbocycles. The molecule has 3 N–H and O–H groups in total. The van der Waals surface area contributed by atoms with Gasteiger partial charge in [0.05, 0.1) is 5.69 Å². The van der Waals surface area contributed by atoms with E-state index in [1.54, 1.807) is 0 Å². The van der Waals surface area contributed by atoms with Gasteiger partial charge >= 0.3 is 0 Å². The normalized spacial score (nSPS) is 13.4. The quantitative estimate of drug-likeness (QED) is 0.120. The maximum absolute atomic E-state index is 6.06. The number of para-hydroxylation sites is 2. The zero-order valence-electron chi connectivity index (χ0n) is 65.9. The Hall–Kier alpha value is -13.7. The molecule has 4 heterocycles. The van der Waals surface area contributed by atoms with Crippen molar-refractivity contribution in [3.8, 4) is 89.0 Å². The average molecular weight is 1540 g/mol. The van der Waals surface area contributed by atoms with E-state index < -0.39 is 0 Å². The maximum Gasteiger partial charge on any atom is 0.136 e. The van der Waals surface area contributed by atoms with Crippen molar-refractivity contribution in [3.63, 3.8) is 0 Å². The minimum atomic E-state index is -0.0490. The van der Waals surface area contributed by atoms with Gasteiger partial charge in [-0.15, -0.1) is 22.7 Å². The topological polar surface area (TPSA) is 62.1 Å². The van der Waals surface area contributed by atoms with Crippen LogP contribution in [0.3, 0.4) is 0 Å². The fourth-order valence-corrected chi connectivity index (χ4v) is 21.2. The molecule has 0 atom stereocenters. The van der Waals surface area contributed by atoms with Crippen LogP contribution in [0.15, 0.2) is 375 Å². The lowest BCUT2D eigenvalue weighted by molar-refractivity contribution is 0.660. The predicted octanol–water partition coefficient (Wildman–Crippen LogP) is 31.6. The summed E-state index contributed by atoms with van der Waals surface area (Å²) >= 11 is 3.73. The van der Waals surface area contributed by atoms with Gasteiger partial charge in [-0.3, -0.25) is 0 Å². The summed E-state index contributed by atoms with van der Waals surface area (Å²) in [5.41, 5.74) is 35.4. The molecule has 0 amide bonds. The van der Waals surface area contributed by atoms with Crippen LogP contribution in [0.4, 0.5) is 34.3 Å².